The summed E-state index contributed by atoms with van der Waals surface area (Å²) in [5, 5.41) is 5.26. The summed E-state index contributed by atoms with van der Waals surface area (Å²) in [4.78, 5) is 30.8. The average molecular weight is 538 g/mol. The van der Waals surface area contributed by atoms with Crippen LogP contribution in [0, 0.1) is 0 Å². The van der Waals surface area contributed by atoms with Crippen molar-refractivity contribution in [3.05, 3.63) is 81.3 Å². The number of hydrogen-bond acceptors (Lipinski definition) is 5. The molecule has 0 fully saturated rings. The zero-order valence-corrected chi connectivity index (χ0v) is 21.0. The van der Waals surface area contributed by atoms with Crippen LogP contribution in [0.5, 0.6) is 0 Å². The molecule has 7 nitrogen and oxygen atoms in total. The van der Waals surface area contributed by atoms with Gasteiger partial charge in [0, 0.05) is 27.8 Å². The van der Waals surface area contributed by atoms with Gasteiger partial charge >= 0.3 is 17.4 Å². The zero-order valence-electron chi connectivity index (χ0n) is 18.6. The van der Waals surface area contributed by atoms with Gasteiger partial charge in [0.15, 0.2) is 5.76 Å². The molecular weight excluding hydrogens is 516 g/mol. The number of nitrogens with one attached hydrogen (secondary N) is 1. The normalized spacial score (nSPS) is 14.6. The van der Waals surface area contributed by atoms with Gasteiger partial charge in [0.05, 0.1) is 11.3 Å². The number of para-hydroxylation sites is 1. The van der Waals surface area contributed by atoms with Gasteiger partial charge in [0.1, 0.15) is 5.76 Å². The number of halogens is 1. The predicted molar refractivity (Wildman–Crippen MR) is 135 cm³/mol. The van der Waals surface area contributed by atoms with Crippen LogP contribution in [0.2, 0.25) is 0 Å². The van der Waals surface area contributed by atoms with E-state index < -0.39 is 6.17 Å². The summed E-state index contributed by atoms with van der Waals surface area (Å²) in [5.41, 5.74) is 2.32. The van der Waals surface area contributed by atoms with Crippen molar-refractivity contribution in [1.82, 2.24) is 10.1 Å². The van der Waals surface area contributed by atoms with Crippen LogP contribution in [0.1, 0.15) is 32.2 Å². The summed E-state index contributed by atoms with van der Waals surface area (Å²) in [6.45, 7) is 3.58. The van der Waals surface area contributed by atoms with Crippen LogP contribution >= 0.6 is 27.7 Å². The summed E-state index contributed by atoms with van der Waals surface area (Å²) in [5.74, 6) is 1.80. The summed E-state index contributed by atoms with van der Waals surface area (Å²) in [7, 11) is 0. The lowest BCUT2D eigenvalue weighted by Gasteiger charge is -2.30. The number of carbonyl (C=O) groups is 1. The molecule has 34 heavy (non-hydrogen) atoms. The van der Waals surface area contributed by atoms with Crippen molar-refractivity contribution in [1.29, 1.82) is 0 Å². The molecule has 3 heterocycles. The van der Waals surface area contributed by atoms with E-state index in [9.17, 15) is 9.59 Å². The van der Waals surface area contributed by atoms with Gasteiger partial charge in [-0.05, 0) is 47.5 Å². The molecule has 172 valence electrons. The first kappa shape index (κ1) is 22.6. The summed E-state index contributed by atoms with van der Waals surface area (Å²) in [6.07, 6.45) is 0.197. The first-order valence-corrected chi connectivity index (χ1v) is 12.7. The van der Waals surface area contributed by atoms with Gasteiger partial charge in [-0.15, -0.1) is 0 Å². The van der Waals surface area contributed by atoms with Gasteiger partial charge in [-0.3, -0.25) is 14.6 Å². The van der Waals surface area contributed by atoms with Crippen molar-refractivity contribution < 1.29 is 13.9 Å². The van der Waals surface area contributed by atoms with Crippen molar-refractivity contribution in [3.63, 3.8) is 0 Å². The quantitative estimate of drug-likeness (QED) is 0.280. The molecule has 0 saturated carbocycles. The highest BCUT2D eigenvalue weighted by Gasteiger charge is 2.46. The lowest BCUT2D eigenvalue weighted by atomic mass is 10.0. The highest BCUT2D eigenvalue weighted by atomic mass is 79.9. The SMILES string of the molecule is CCCSc1n[n+]2c(c(=O)[nH]1)-c1ccccc1N(C(C)=O)C2c1ccc(-c2cccc(Br)c2)o1. The maximum absolute atomic E-state index is 13.3. The van der Waals surface area contributed by atoms with E-state index in [0.29, 0.717) is 33.6 Å². The molecule has 0 saturated heterocycles. The molecule has 0 bridgehead atoms. The van der Waals surface area contributed by atoms with Gasteiger partial charge < -0.3 is 4.42 Å². The second kappa shape index (κ2) is 9.23. The summed E-state index contributed by atoms with van der Waals surface area (Å²) >= 11 is 4.97. The van der Waals surface area contributed by atoms with Crippen molar-refractivity contribution in [2.45, 2.75) is 31.6 Å². The first-order valence-electron chi connectivity index (χ1n) is 10.9. The largest absolute Gasteiger partial charge is 0.452 e. The Hall–Kier alpha value is -3.17. The lowest BCUT2D eigenvalue weighted by molar-refractivity contribution is -0.764. The Kier molecular flexibility index (Phi) is 6.14. The number of rotatable bonds is 5. The molecule has 1 aliphatic heterocycles. The molecular formula is C25H22BrN4O3S+. The Bertz CT molecular complexity index is 1450. The fourth-order valence-corrected chi connectivity index (χ4v) is 5.23. The number of furan rings is 1. The zero-order chi connectivity index (χ0) is 23.8. The van der Waals surface area contributed by atoms with Gasteiger partial charge in [0.2, 0.25) is 11.1 Å². The van der Waals surface area contributed by atoms with E-state index >= 15 is 0 Å². The number of fused-ring (bicyclic) bond motifs is 3. The minimum absolute atomic E-state index is 0.180. The maximum Gasteiger partial charge on any atom is 0.325 e. The molecule has 0 spiro atoms. The molecule has 4 aromatic rings. The number of amides is 1. The van der Waals surface area contributed by atoms with Crippen LogP contribution in [-0.4, -0.2) is 21.7 Å². The number of aromatic amines is 1. The smallest absolute Gasteiger partial charge is 0.325 e. The number of carbonyl (C=O) groups excluding carboxylic acids is 1. The van der Waals surface area contributed by atoms with Crippen molar-refractivity contribution >= 4 is 39.3 Å². The van der Waals surface area contributed by atoms with Crippen LogP contribution in [-0.2, 0) is 4.79 Å². The van der Waals surface area contributed by atoms with Crippen molar-refractivity contribution in [2.24, 2.45) is 0 Å². The maximum atomic E-state index is 13.3. The number of thioether (sulfide) groups is 1. The van der Waals surface area contributed by atoms with Crippen LogP contribution in [0.25, 0.3) is 22.6 Å². The standard InChI is InChI=1S/C25H21BrN4O3S/c1-3-13-34-25-27-23(32)22-18-9-4-5-10-19(18)29(15(2)31)24(30(22)28-25)21-12-11-20(33-21)16-7-6-8-17(26)14-16/h4-12,14,24H,3,13H2,1-2H3/p+1. The van der Waals surface area contributed by atoms with E-state index in [-0.39, 0.29) is 11.5 Å². The minimum atomic E-state index is -0.744. The van der Waals surface area contributed by atoms with Gasteiger partial charge in [-0.1, -0.05) is 58.9 Å². The molecule has 0 aliphatic carbocycles. The van der Waals surface area contributed by atoms with Crippen molar-refractivity contribution in [3.8, 4) is 22.6 Å². The van der Waals surface area contributed by atoms with Crippen LogP contribution in [0.4, 0.5) is 5.69 Å². The van der Waals surface area contributed by atoms with E-state index in [1.165, 1.54) is 18.7 Å². The minimum Gasteiger partial charge on any atom is -0.452 e. The average Bonchev–Trinajstić information content (AvgIpc) is 3.31. The van der Waals surface area contributed by atoms with E-state index in [2.05, 4.69) is 27.8 Å². The number of anilines is 1. The van der Waals surface area contributed by atoms with Gasteiger partial charge in [0.25, 0.3) is 0 Å². The highest BCUT2D eigenvalue weighted by molar-refractivity contribution is 9.10. The van der Waals surface area contributed by atoms with Gasteiger partial charge in [-0.25, -0.2) is 4.90 Å². The molecule has 2 aromatic heterocycles. The monoisotopic (exact) mass is 537 g/mol. The van der Waals surface area contributed by atoms with E-state index in [1.807, 2.05) is 60.7 Å². The first-order chi connectivity index (χ1) is 16.5. The number of benzene rings is 2. The fourth-order valence-electron chi connectivity index (χ4n) is 4.12. The van der Waals surface area contributed by atoms with E-state index in [0.717, 1.165) is 22.2 Å². The third kappa shape index (κ3) is 3.99. The third-order valence-electron chi connectivity index (χ3n) is 5.53. The molecule has 1 N–H and O–H groups in total. The van der Waals surface area contributed by atoms with E-state index in [4.69, 9.17) is 9.52 Å². The number of nitrogens with zero attached hydrogens (tertiary/aromatic N) is 3. The van der Waals surface area contributed by atoms with Crippen LogP contribution in [0.15, 0.2) is 79.5 Å². The fraction of sp³-hybridized carbons (Fsp3) is 0.200. The van der Waals surface area contributed by atoms with Crippen LogP contribution in [0.3, 0.4) is 0 Å². The molecule has 1 amide bonds. The predicted octanol–water partition coefficient (Wildman–Crippen LogP) is 5.16. The molecule has 1 atom stereocenters. The summed E-state index contributed by atoms with van der Waals surface area (Å²) in [6, 6.07) is 18.9. The Balaban J connectivity index is 1.73. The van der Waals surface area contributed by atoms with Crippen LogP contribution < -0.4 is 15.1 Å². The number of aromatic nitrogens is 3. The molecule has 9 heteroatoms. The highest BCUT2D eigenvalue weighted by Crippen LogP contribution is 2.38. The third-order valence-corrected chi connectivity index (χ3v) is 7.09. The summed E-state index contributed by atoms with van der Waals surface area (Å²) < 4.78 is 8.83. The Labute approximate surface area is 208 Å². The Morgan fingerprint density at radius 1 is 1.21 bits per heavy atom. The topological polar surface area (TPSA) is 83.1 Å². The molecule has 1 aliphatic rings. The molecule has 1 unspecified atom stereocenters. The molecule has 0 radical (unpaired) electrons. The van der Waals surface area contributed by atoms with E-state index in [1.54, 1.807) is 9.58 Å². The number of hydrogen-bond donors (Lipinski definition) is 1. The second-order valence-corrected chi connectivity index (χ2v) is 9.89. The van der Waals surface area contributed by atoms with Gasteiger partial charge in [-0.2, -0.15) is 0 Å². The lowest BCUT2D eigenvalue weighted by Crippen LogP contribution is -2.60. The Morgan fingerprint density at radius 2 is 2.03 bits per heavy atom. The molecule has 2 aromatic carbocycles. The van der Waals surface area contributed by atoms with Crippen molar-refractivity contribution in [2.75, 3.05) is 10.7 Å². The number of H-pyrrole nitrogens is 1. The molecule has 5 rings (SSSR count). The Morgan fingerprint density at radius 3 is 2.79 bits per heavy atom. The second-order valence-electron chi connectivity index (χ2n) is 7.89.